The molecule has 6 heteroatoms. The number of rotatable bonds is 1. The summed E-state index contributed by atoms with van der Waals surface area (Å²) in [6, 6.07) is 0. The summed E-state index contributed by atoms with van der Waals surface area (Å²) in [6.45, 7) is 0.258. The van der Waals surface area contributed by atoms with E-state index in [2.05, 4.69) is 5.32 Å². The van der Waals surface area contributed by atoms with Crippen LogP contribution in [0.5, 0.6) is 0 Å². The summed E-state index contributed by atoms with van der Waals surface area (Å²) >= 11 is 0. The summed E-state index contributed by atoms with van der Waals surface area (Å²) in [5.74, 6) is -3.39. The quantitative estimate of drug-likeness (QED) is 0.730. The number of carbonyl (C=O) groups is 2. The minimum atomic E-state index is -2.64. The van der Waals surface area contributed by atoms with Gasteiger partial charge in [0.15, 0.2) is 0 Å². The molecule has 3 fully saturated rings. The van der Waals surface area contributed by atoms with E-state index in [1.165, 1.54) is 0 Å². The lowest BCUT2D eigenvalue weighted by Crippen LogP contribution is -2.40. The molecule has 3 rings (SSSR count). The Hall–Kier alpha value is -1.20. The van der Waals surface area contributed by atoms with Crippen LogP contribution in [0.15, 0.2) is 0 Å². The molecule has 2 saturated carbocycles. The Morgan fingerprint density at radius 2 is 2.17 bits per heavy atom. The molecule has 18 heavy (non-hydrogen) atoms. The van der Waals surface area contributed by atoms with E-state index in [1.807, 2.05) is 0 Å². The van der Waals surface area contributed by atoms with Crippen molar-refractivity contribution < 1.29 is 23.1 Å². The number of halogens is 2. The number of hydrogen-bond acceptors (Lipinski definition) is 3. The van der Waals surface area contributed by atoms with Crippen LogP contribution in [0.2, 0.25) is 0 Å². The summed E-state index contributed by atoms with van der Waals surface area (Å²) in [7, 11) is 0. The first-order valence-corrected chi connectivity index (χ1v) is 6.26. The molecule has 1 amide bonds. The number of fused-ring (bicyclic) bond motifs is 1. The van der Waals surface area contributed by atoms with E-state index < -0.39 is 23.5 Å². The van der Waals surface area contributed by atoms with Crippen molar-refractivity contribution >= 4 is 12.4 Å². The molecule has 2 aliphatic carbocycles. The Bertz CT molecular complexity index is 401. The second-order valence-electron chi connectivity index (χ2n) is 5.70. The monoisotopic (exact) mass is 259 g/mol. The van der Waals surface area contributed by atoms with Crippen molar-refractivity contribution in [3.05, 3.63) is 0 Å². The van der Waals surface area contributed by atoms with E-state index in [9.17, 15) is 18.4 Å². The first-order valence-electron chi connectivity index (χ1n) is 6.26. The molecule has 0 aromatic heterocycles. The van der Waals surface area contributed by atoms with Crippen LogP contribution in [-0.2, 0) is 9.53 Å². The third kappa shape index (κ3) is 1.61. The molecule has 0 bridgehead atoms. The zero-order valence-electron chi connectivity index (χ0n) is 9.83. The fraction of sp³-hybridized carbons (Fsp3) is 0.833. The van der Waals surface area contributed by atoms with E-state index in [4.69, 9.17) is 4.74 Å². The van der Waals surface area contributed by atoms with Crippen LogP contribution in [0.4, 0.5) is 13.6 Å². The highest BCUT2D eigenvalue weighted by molar-refractivity contribution is 5.72. The van der Waals surface area contributed by atoms with Crippen molar-refractivity contribution in [1.29, 1.82) is 0 Å². The van der Waals surface area contributed by atoms with Gasteiger partial charge in [0.25, 0.3) is 0 Å². The highest BCUT2D eigenvalue weighted by Gasteiger charge is 2.61. The lowest BCUT2D eigenvalue weighted by atomic mass is 9.76. The van der Waals surface area contributed by atoms with Crippen LogP contribution in [-0.4, -0.2) is 30.4 Å². The number of aldehydes is 1. The predicted octanol–water partition coefficient (Wildman–Crippen LogP) is 1.74. The van der Waals surface area contributed by atoms with Crippen LogP contribution in [0, 0.1) is 17.8 Å². The fourth-order valence-corrected chi connectivity index (χ4v) is 3.92. The number of nitrogens with one attached hydrogen (secondary N) is 1. The van der Waals surface area contributed by atoms with Gasteiger partial charge in [0.05, 0.1) is 12.5 Å². The van der Waals surface area contributed by atoms with Gasteiger partial charge >= 0.3 is 6.09 Å². The Balaban J connectivity index is 1.87. The van der Waals surface area contributed by atoms with Crippen LogP contribution >= 0.6 is 0 Å². The van der Waals surface area contributed by atoms with Crippen molar-refractivity contribution in [2.45, 2.75) is 37.2 Å². The van der Waals surface area contributed by atoms with Gasteiger partial charge in [-0.25, -0.2) is 13.6 Å². The minimum absolute atomic E-state index is 0.0742. The number of carbonyl (C=O) groups excluding carboxylic acids is 2. The SMILES string of the molecule is O=C[C@H]1[C@@H]2CCC(F)(F)C[C@H]2CC12CNC(=O)O2. The van der Waals surface area contributed by atoms with Gasteiger partial charge in [-0.15, -0.1) is 0 Å². The van der Waals surface area contributed by atoms with Crippen molar-refractivity contribution in [2.24, 2.45) is 17.8 Å². The van der Waals surface area contributed by atoms with E-state index in [0.717, 1.165) is 6.29 Å². The Morgan fingerprint density at radius 1 is 1.39 bits per heavy atom. The Kier molecular flexibility index (Phi) is 2.40. The van der Waals surface area contributed by atoms with Gasteiger partial charge in [-0.05, 0) is 24.7 Å². The van der Waals surface area contributed by atoms with Gasteiger partial charge in [0, 0.05) is 12.8 Å². The first-order chi connectivity index (χ1) is 8.46. The standard InChI is InChI=1S/C12H15F2NO3/c13-12(14)2-1-8-7(4-12)3-11(9(8)5-16)6-15-10(17)18-11/h5,7-9H,1-4,6H2,(H,15,17)/t7-,8-,9+,11?/m1/s1. The third-order valence-corrected chi connectivity index (χ3v) is 4.66. The smallest absolute Gasteiger partial charge is 0.407 e. The molecular weight excluding hydrogens is 244 g/mol. The fourth-order valence-electron chi connectivity index (χ4n) is 3.92. The van der Waals surface area contributed by atoms with E-state index in [0.29, 0.717) is 12.8 Å². The van der Waals surface area contributed by atoms with E-state index in [-0.39, 0.29) is 31.2 Å². The van der Waals surface area contributed by atoms with Gasteiger partial charge < -0.3 is 14.8 Å². The normalized spacial score (nSPS) is 45.4. The van der Waals surface area contributed by atoms with Gasteiger partial charge in [-0.2, -0.15) is 0 Å². The largest absolute Gasteiger partial charge is 0.440 e. The van der Waals surface area contributed by atoms with E-state index >= 15 is 0 Å². The van der Waals surface area contributed by atoms with Crippen molar-refractivity contribution in [3.8, 4) is 0 Å². The molecule has 3 aliphatic rings. The van der Waals surface area contributed by atoms with Crippen LogP contribution in [0.25, 0.3) is 0 Å². The molecule has 1 N–H and O–H groups in total. The maximum absolute atomic E-state index is 13.4. The molecule has 100 valence electrons. The third-order valence-electron chi connectivity index (χ3n) is 4.66. The van der Waals surface area contributed by atoms with Crippen molar-refractivity contribution in [1.82, 2.24) is 5.32 Å². The lowest BCUT2D eigenvalue weighted by molar-refractivity contribution is -0.119. The van der Waals surface area contributed by atoms with Gasteiger partial charge in [-0.3, -0.25) is 0 Å². The van der Waals surface area contributed by atoms with Crippen LogP contribution in [0.1, 0.15) is 25.7 Å². The summed E-state index contributed by atoms with van der Waals surface area (Å²) in [4.78, 5) is 22.5. The first kappa shape index (κ1) is 11.9. The molecule has 1 saturated heterocycles. The summed E-state index contributed by atoms with van der Waals surface area (Å²) in [6.07, 6.45) is 0.578. The number of alkyl carbamates (subject to hydrolysis) is 1. The zero-order valence-corrected chi connectivity index (χ0v) is 9.83. The molecule has 4 atom stereocenters. The number of hydrogen-bond donors (Lipinski definition) is 1. The predicted molar refractivity (Wildman–Crippen MR) is 57.2 cm³/mol. The summed E-state index contributed by atoms with van der Waals surface area (Å²) in [5.41, 5.74) is -0.880. The topological polar surface area (TPSA) is 55.4 Å². The number of ether oxygens (including phenoxy) is 1. The van der Waals surface area contributed by atoms with E-state index in [1.54, 1.807) is 0 Å². The maximum Gasteiger partial charge on any atom is 0.407 e. The average molecular weight is 259 g/mol. The van der Waals surface area contributed by atoms with Crippen molar-refractivity contribution in [3.63, 3.8) is 0 Å². The summed E-state index contributed by atoms with van der Waals surface area (Å²) in [5, 5.41) is 2.54. The molecule has 1 aliphatic heterocycles. The molecule has 0 aromatic rings. The molecule has 1 spiro atoms. The Labute approximate surface area is 103 Å². The number of amides is 1. The molecule has 4 nitrogen and oxygen atoms in total. The molecule has 1 unspecified atom stereocenters. The molecule has 0 aromatic carbocycles. The van der Waals surface area contributed by atoms with Crippen LogP contribution in [0.3, 0.4) is 0 Å². The van der Waals surface area contributed by atoms with Crippen molar-refractivity contribution in [2.75, 3.05) is 6.54 Å². The Morgan fingerprint density at radius 3 is 2.78 bits per heavy atom. The average Bonchev–Trinajstić information content (AvgIpc) is 2.77. The van der Waals surface area contributed by atoms with Gasteiger partial charge in [0.2, 0.25) is 5.92 Å². The highest BCUT2D eigenvalue weighted by atomic mass is 19.3. The second kappa shape index (κ2) is 3.65. The summed E-state index contributed by atoms with van der Waals surface area (Å²) < 4.78 is 32.1. The second-order valence-corrected chi connectivity index (χ2v) is 5.70. The highest BCUT2D eigenvalue weighted by Crippen LogP contribution is 2.55. The minimum Gasteiger partial charge on any atom is -0.440 e. The molecule has 1 heterocycles. The lowest BCUT2D eigenvalue weighted by Gasteiger charge is -2.32. The zero-order chi connectivity index (χ0) is 13.0. The van der Waals surface area contributed by atoms with Gasteiger partial charge in [-0.1, -0.05) is 0 Å². The molecular formula is C12H15F2NO3. The maximum atomic E-state index is 13.4. The number of alkyl halides is 2. The molecule has 0 radical (unpaired) electrons. The van der Waals surface area contributed by atoms with Crippen LogP contribution < -0.4 is 5.32 Å². The van der Waals surface area contributed by atoms with Gasteiger partial charge in [0.1, 0.15) is 11.9 Å².